The van der Waals surface area contributed by atoms with Crippen molar-refractivity contribution in [3.63, 3.8) is 0 Å². The first-order chi connectivity index (χ1) is 12.6. The van der Waals surface area contributed by atoms with Crippen molar-refractivity contribution in [3.05, 3.63) is 34.6 Å². The fraction of sp³-hybridized carbons (Fsp3) is 0.471. The molecule has 3 heterocycles. The summed E-state index contributed by atoms with van der Waals surface area (Å²) in [7, 11) is 1.59. The molecular formula is C17H20ClN5O2S. The lowest BCUT2D eigenvalue weighted by Crippen LogP contribution is -2.45. The molecule has 0 spiro atoms. The van der Waals surface area contributed by atoms with Crippen LogP contribution in [0.4, 0.5) is 0 Å². The minimum absolute atomic E-state index is 0.129. The number of ether oxygens (including phenoxy) is 1. The van der Waals surface area contributed by atoms with Gasteiger partial charge in [0.25, 0.3) is 0 Å². The number of hydrogen-bond donors (Lipinski definition) is 1. The highest BCUT2D eigenvalue weighted by atomic mass is 35.5. The molecule has 4 rings (SSSR count). The smallest absolute Gasteiger partial charge is 0.238 e. The van der Waals surface area contributed by atoms with Gasteiger partial charge in [-0.2, -0.15) is 0 Å². The second kappa shape index (κ2) is 7.00. The number of halogens is 1. The van der Waals surface area contributed by atoms with Crippen molar-refractivity contribution < 1.29 is 9.53 Å². The number of carbonyl (C=O) groups excluding carboxylic acids is 1. The van der Waals surface area contributed by atoms with Crippen molar-refractivity contribution in [2.24, 2.45) is 0 Å². The summed E-state index contributed by atoms with van der Waals surface area (Å²) in [6.45, 7) is 3.51. The predicted molar refractivity (Wildman–Crippen MR) is 100 cm³/mol. The third kappa shape index (κ3) is 3.01. The second-order valence-corrected chi connectivity index (χ2v) is 7.95. The topological polar surface area (TPSA) is 72.3 Å². The minimum Gasteiger partial charge on any atom is -0.495 e. The first-order valence-electron chi connectivity index (χ1n) is 8.56. The number of hydrogen-bond acceptors (Lipinski definition) is 6. The highest BCUT2D eigenvalue weighted by Gasteiger charge is 2.40. The summed E-state index contributed by atoms with van der Waals surface area (Å²) < 4.78 is 7.08. The molecule has 1 fully saturated rings. The number of carbonyl (C=O) groups is 1. The Morgan fingerprint density at radius 3 is 2.81 bits per heavy atom. The number of aryl methyl sites for hydroxylation is 1. The molecular weight excluding hydrogens is 374 g/mol. The Morgan fingerprint density at radius 2 is 2.12 bits per heavy atom. The van der Waals surface area contributed by atoms with Crippen molar-refractivity contribution in [2.75, 3.05) is 25.6 Å². The van der Waals surface area contributed by atoms with Gasteiger partial charge in [-0.1, -0.05) is 29.4 Å². The number of methoxy groups -OCH3 is 1. The highest BCUT2D eigenvalue weighted by molar-refractivity contribution is 8.00. The molecule has 9 heteroatoms. The summed E-state index contributed by atoms with van der Waals surface area (Å²) in [5.41, 5.74) is 4.33. The van der Waals surface area contributed by atoms with E-state index in [1.807, 2.05) is 34.7 Å². The fourth-order valence-electron chi connectivity index (χ4n) is 3.39. The van der Waals surface area contributed by atoms with E-state index < -0.39 is 0 Å². The monoisotopic (exact) mass is 393 g/mol. The van der Waals surface area contributed by atoms with Crippen LogP contribution in [0.5, 0.6) is 5.75 Å². The van der Waals surface area contributed by atoms with E-state index in [9.17, 15) is 4.79 Å². The molecule has 2 aromatic rings. The number of benzene rings is 1. The van der Waals surface area contributed by atoms with Crippen LogP contribution in [-0.4, -0.2) is 51.1 Å². The molecule has 0 aliphatic carbocycles. The number of fused-ring (bicyclic) bond motifs is 1. The summed E-state index contributed by atoms with van der Waals surface area (Å²) in [5, 5.41) is 9.21. The number of thioether (sulfide) groups is 1. The maximum atomic E-state index is 13.2. The summed E-state index contributed by atoms with van der Waals surface area (Å²) in [5.74, 6) is 1.50. The number of likely N-dealkylation sites (tertiary alicyclic amines) is 1. The first kappa shape index (κ1) is 17.5. The standard InChI is InChI=1S/C17H20ClN5O2S/c1-10-19-20-17-23(10)21-14(11-5-6-13(25-2)12(18)9-11)15(26-17)16(24)22-7-3-4-8-22/h5-6,9,14-15,21H,3-4,7-8H2,1-2H3. The second-order valence-electron chi connectivity index (χ2n) is 6.44. The lowest BCUT2D eigenvalue weighted by atomic mass is 10.0. The van der Waals surface area contributed by atoms with Gasteiger partial charge in [0.1, 0.15) is 16.8 Å². The SMILES string of the molecule is COc1ccc(C2Nn3c(C)nnc3SC2C(=O)N2CCCC2)cc1Cl. The van der Waals surface area contributed by atoms with Gasteiger partial charge >= 0.3 is 0 Å². The van der Waals surface area contributed by atoms with Gasteiger partial charge in [0.15, 0.2) is 0 Å². The number of amides is 1. The van der Waals surface area contributed by atoms with Crippen LogP contribution in [0.25, 0.3) is 0 Å². The third-order valence-electron chi connectivity index (χ3n) is 4.79. The molecule has 0 bridgehead atoms. The molecule has 7 nitrogen and oxygen atoms in total. The van der Waals surface area contributed by atoms with Crippen molar-refractivity contribution >= 4 is 29.3 Å². The van der Waals surface area contributed by atoms with Gasteiger partial charge in [0, 0.05) is 13.1 Å². The van der Waals surface area contributed by atoms with Crippen LogP contribution >= 0.6 is 23.4 Å². The summed E-state index contributed by atoms with van der Waals surface area (Å²) in [4.78, 5) is 15.1. The van der Waals surface area contributed by atoms with Crippen LogP contribution in [0.2, 0.25) is 5.02 Å². The zero-order chi connectivity index (χ0) is 18.3. The Labute approximate surface area is 161 Å². The third-order valence-corrected chi connectivity index (χ3v) is 6.29. The molecule has 1 aromatic carbocycles. The lowest BCUT2D eigenvalue weighted by Gasteiger charge is -2.34. The molecule has 1 saturated heterocycles. The molecule has 2 atom stereocenters. The summed E-state index contributed by atoms with van der Waals surface area (Å²) in [6, 6.07) is 5.39. The molecule has 2 aliphatic heterocycles. The van der Waals surface area contributed by atoms with Gasteiger partial charge in [-0.3, -0.25) is 4.79 Å². The van der Waals surface area contributed by atoms with E-state index in [-0.39, 0.29) is 17.2 Å². The van der Waals surface area contributed by atoms with Crippen LogP contribution in [0.15, 0.2) is 23.4 Å². The largest absolute Gasteiger partial charge is 0.495 e. The van der Waals surface area contributed by atoms with Crippen LogP contribution in [0.1, 0.15) is 30.3 Å². The maximum Gasteiger partial charge on any atom is 0.238 e. The Kier molecular flexibility index (Phi) is 4.71. The maximum absolute atomic E-state index is 13.2. The van der Waals surface area contributed by atoms with Crippen LogP contribution in [0.3, 0.4) is 0 Å². The molecule has 0 saturated carbocycles. The Balaban J connectivity index is 1.71. The minimum atomic E-state index is -0.325. The average Bonchev–Trinajstić information content (AvgIpc) is 3.30. The van der Waals surface area contributed by atoms with Crippen molar-refractivity contribution in [2.45, 2.75) is 36.2 Å². The molecule has 1 amide bonds. The number of nitrogens with zero attached hydrogens (tertiary/aromatic N) is 4. The van der Waals surface area contributed by atoms with Crippen LogP contribution in [0, 0.1) is 6.92 Å². The molecule has 2 unspecified atom stereocenters. The molecule has 26 heavy (non-hydrogen) atoms. The van der Waals surface area contributed by atoms with E-state index in [4.69, 9.17) is 16.3 Å². The molecule has 138 valence electrons. The normalized spacial score (nSPS) is 22.0. The Morgan fingerprint density at radius 1 is 1.35 bits per heavy atom. The first-order valence-corrected chi connectivity index (χ1v) is 9.81. The molecule has 1 aromatic heterocycles. The van der Waals surface area contributed by atoms with E-state index in [2.05, 4.69) is 15.6 Å². The van der Waals surface area contributed by atoms with Gasteiger partial charge in [-0.25, -0.2) is 4.68 Å². The number of rotatable bonds is 3. The van der Waals surface area contributed by atoms with E-state index in [0.717, 1.165) is 37.3 Å². The average molecular weight is 394 g/mol. The summed E-state index contributed by atoms with van der Waals surface area (Å²) in [6.07, 6.45) is 2.12. The van der Waals surface area contributed by atoms with Gasteiger partial charge in [-0.15, -0.1) is 10.2 Å². The van der Waals surface area contributed by atoms with E-state index in [1.165, 1.54) is 11.8 Å². The fourth-order valence-corrected chi connectivity index (χ4v) is 4.87. The van der Waals surface area contributed by atoms with Gasteiger partial charge < -0.3 is 15.1 Å². The van der Waals surface area contributed by atoms with Gasteiger partial charge in [0.2, 0.25) is 11.1 Å². The van der Waals surface area contributed by atoms with Gasteiger partial charge in [-0.05, 0) is 37.5 Å². The summed E-state index contributed by atoms with van der Waals surface area (Å²) >= 11 is 7.78. The van der Waals surface area contributed by atoms with Crippen molar-refractivity contribution in [1.29, 1.82) is 0 Å². The molecule has 2 aliphatic rings. The van der Waals surface area contributed by atoms with Crippen molar-refractivity contribution in [3.8, 4) is 5.75 Å². The van der Waals surface area contributed by atoms with E-state index in [0.29, 0.717) is 15.9 Å². The Bertz CT molecular complexity index is 837. The zero-order valence-electron chi connectivity index (χ0n) is 14.6. The van der Waals surface area contributed by atoms with Crippen LogP contribution < -0.4 is 10.2 Å². The van der Waals surface area contributed by atoms with Crippen molar-refractivity contribution in [1.82, 2.24) is 19.8 Å². The highest BCUT2D eigenvalue weighted by Crippen LogP contribution is 2.40. The van der Waals surface area contributed by atoms with Crippen LogP contribution in [-0.2, 0) is 4.79 Å². The van der Waals surface area contributed by atoms with E-state index >= 15 is 0 Å². The van der Waals surface area contributed by atoms with E-state index in [1.54, 1.807) is 7.11 Å². The number of aromatic nitrogens is 3. The zero-order valence-corrected chi connectivity index (χ0v) is 16.2. The Hall–Kier alpha value is -1.93. The lowest BCUT2D eigenvalue weighted by molar-refractivity contribution is -0.129. The quantitative estimate of drug-likeness (QED) is 0.864. The molecule has 1 N–H and O–H groups in total. The molecule has 0 radical (unpaired) electrons. The number of nitrogens with one attached hydrogen (secondary N) is 1. The predicted octanol–water partition coefficient (Wildman–Crippen LogP) is 2.63. The van der Waals surface area contributed by atoms with Gasteiger partial charge in [0.05, 0.1) is 18.2 Å².